The van der Waals surface area contributed by atoms with Gasteiger partial charge in [-0.3, -0.25) is 4.79 Å². The predicted molar refractivity (Wildman–Crippen MR) is 94.4 cm³/mol. The van der Waals surface area contributed by atoms with E-state index >= 15 is 0 Å². The SMILES string of the molecule is COCC(=O)N1CCCN(c2nc(Cc3ccccc3)ns2)CC1. The van der Waals surface area contributed by atoms with Crippen molar-refractivity contribution < 1.29 is 9.53 Å². The third-order valence-corrected chi connectivity index (χ3v) is 4.86. The van der Waals surface area contributed by atoms with Crippen molar-refractivity contribution in [1.29, 1.82) is 0 Å². The molecule has 0 radical (unpaired) electrons. The first-order valence-corrected chi connectivity index (χ1v) is 8.92. The van der Waals surface area contributed by atoms with Gasteiger partial charge in [-0.05, 0) is 12.0 Å². The van der Waals surface area contributed by atoms with Gasteiger partial charge in [0.05, 0.1) is 0 Å². The van der Waals surface area contributed by atoms with Crippen molar-refractivity contribution in [3.05, 3.63) is 41.7 Å². The summed E-state index contributed by atoms with van der Waals surface area (Å²) in [6, 6.07) is 10.3. The zero-order valence-corrected chi connectivity index (χ0v) is 14.7. The first kappa shape index (κ1) is 16.9. The van der Waals surface area contributed by atoms with E-state index in [-0.39, 0.29) is 12.5 Å². The van der Waals surface area contributed by atoms with Gasteiger partial charge in [-0.1, -0.05) is 30.3 Å². The average molecular weight is 346 g/mol. The van der Waals surface area contributed by atoms with Gasteiger partial charge in [-0.15, -0.1) is 0 Å². The van der Waals surface area contributed by atoms with Crippen LogP contribution in [-0.4, -0.2) is 60.1 Å². The van der Waals surface area contributed by atoms with Crippen molar-refractivity contribution >= 4 is 22.6 Å². The van der Waals surface area contributed by atoms with Gasteiger partial charge < -0.3 is 14.5 Å². The number of hydrogen-bond acceptors (Lipinski definition) is 6. The van der Waals surface area contributed by atoms with E-state index < -0.39 is 0 Å². The first-order valence-electron chi connectivity index (χ1n) is 8.14. The lowest BCUT2D eigenvalue weighted by Gasteiger charge is -2.21. The van der Waals surface area contributed by atoms with E-state index in [1.807, 2.05) is 23.1 Å². The van der Waals surface area contributed by atoms with Crippen LogP contribution in [0, 0.1) is 0 Å². The normalized spacial score (nSPS) is 15.4. The third kappa shape index (κ3) is 4.30. The number of rotatable bonds is 5. The molecule has 0 aliphatic carbocycles. The van der Waals surface area contributed by atoms with Gasteiger partial charge in [-0.2, -0.15) is 4.37 Å². The van der Waals surface area contributed by atoms with Crippen molar-refractivity contribution in [2.24, 2.45) is 0 Å². The fourth-order valence-electron chi connectivity index (χ4n) is 2.80. The Morgan fingerprint density at radius 1 is 1.21 bits per heavy atom. The standard InChI is InChI=1S/C17H22N4O2S/c1-23-13-16(22)20-8-5-9-21(11-10-20)17-18-15(19-24-17)12-14-6-3-2-4-7-14/h2-4,6-7H,5,8-13H2,1H3. The van der Waals surface area contributed by atoms with Gasteiger partial charge in [0.2, 0.25) is 11.0 Å². The molecule has 0 spiro atoms. The van der Waals surface area contributed by atoms with Crippen LogP contribution in [0.1, 0.15) is 17.8 Å². The van der Waals surface area contributed by atoms with E-state index in [4.69, 9.17) is 4.74 Å². The molecular weight excluding hydrogens is 324 g/mol. The van der Waals surface area contributed by atoms with Crippen LogP contribution in [0.2, 0.25) is 0 Å². The Bertz CT molecular complexity index is 662. The summed E-state index contributed by atoms with van der Waals surface area (Å²) in [5.41, 5.74) is 1.22. The molecule has 0 atom stereocenters. The van der Waals surface area contributed by atoms with Gasteiger partial charge in [-0.25, -0.2) is 4.98 Å². The highest BCUT2D eigenvalue weighted by molar-refractivity contribution is 7.09. The summed E-state index contributed by atoms with van der Waals surface area (Å²) in [4.78, 5) is 20.7. The zero-order valence-electron chi connectivity index (χ0n) is 13.9. The topological polar surface area (TPSA) is 58.6 Å². The van der Waals surface area contributed by atoms with Crippen LogP contribution in [0.25, 0.3) is 0 Å². The Morgan fingerprint density at radius 3 is 2.83 bits per heavy atom. The first-order chi connectivity index (χ1) is 11.8. The van der Waals surface area contributed by atoms with Crippen LogP contribution in [0.3, 0.4) is 0 Å². The van der Waals surface area contributed by atoms with E-state index in [1.165, 1.54) is 17.1 Å². The lowest BCUT2D eigenvalue weighted by Crippen LogP contribution is -2.37. The molecule has 6 nitrogen and oxygen atoms in total. The largest absolute Gasteiger partial charge is 0.375 e. The number of ether oxygens (including phenoxy) is 1. The van der Waals surface area contributed by atoms with Crippen LogP contribution < -0.4 is 4.90 Å². The van der Waals surface area contributed by atoms with Crippen molar-refractivity contribution in [1.82, 2.24) is 14.3 Å². The summed E-state index contributed by atoms with van der Waals surface area (Å²) in [5, 5.41) is 0.946. The fourth-order valence-corrected chi connectivity index (χ4v) is 3.53. The number of methoxy groups -OCH3 is 1. The van der Waals surface area contributed by atoms with Crippen LogP contribution in [-0.2, 0) is 16.0 Å². The average Bonchev–Trinajstić information content (AvgIpc) is 2.91. The van der Waals surface area contributed by atoms with Crippen molar-refractivity contribution in [3.8, 4) is 0 Å². The quantitative estimate of drug-likeness (QED) is 0.826. The van der Waals surface area contributed by atoms with Gasteiger partial charge in [0.15, 0.2) is 0 Å². The number of carbonyl (C=O) groups is 1. The second kappa shape index (κ2) is 8.21. The van der Waals surface area contributed by atoms with Crippen LogP contribution in [0.5, 0.6) is 0 Å². The number of aromatic nitrogens is 2. The number of anilines is 1. The van der Waals surface area contributed by atoms with Crippen LogP contribution >= 0.6 is 11.5 Å². The molecule has 1 aromatic carbocycles. The summed E-state index contributed by atoms with van der Waals surface area (Å²) >= 11 is 1.44. The van der Waals surface area contributed by atoms with E-state index in [0.29, 0.717) is 6.54 Å². The second-order valence-electron chi connectivity index (χ2n) is 5.81. The summed E-state index contributed by atoms with van der Waals surface area (Å²) in [6.07, 6.45) is 1.69. The third-order valence-electron chi connectivity index (χ3n) is 4.05. The van der Waals surface area contributed by atoms with Gasteiger partial charge >= 0.3 is 0 Å². The number of carbonyl (C=O) groups excluding carboxylic acids is 1. The van der Waals surface area contributed by atoms with E-state index in [0.717, 1.165) is 43.4 Å². The van der Waals surface area contributed by atoms with Gasteiger partial charge in [0.25, 0.3) is 0 Å². The predicted octanol–water partition coefficient (Wildman–Crippen LogP) is 1.81. The highest BCUT2D eigenvalue weighted by Gasteiger charge is 2.21. The molecular formula is C17H22N4O2S. The smallest absolute Gasteiger partial charge is 0.248 e. The van der Waals surface area contributed by atoms with Gasteiger partial charge in [0.1, 0.15) is 12.4 Å². The van der Waals surface area contributed by atoms with Crippen LogP contribution in [0.4, 0.5) is 5.13 Å². The molecule has 0 bridgehead atoms. The molecule has 1 aliphatic rings. The van der Waals surface area contributed by atoms with E-state index in [1.54, 1.807) is 7.11 Å². The maximum Gasteiger partial charge on any atom is 0.248 e. The lowest BCUT2D eigenvalue weighted by atomic mass is 10.1. The number of nitrogens with zero attached hydrogens (tertiary/aromatic N) is 4. The molecule has 128 valence electrons. The minimum absolute atomic E-state index is 0.0568. The van der Waals surface area contributed by atoms with E-state index in [9.17, 15) is 4.79 Å². The highest BCUT2D eigenvalue weighted by atomic mass is 32.1. The Hall–Kier alpha value is -1.99. The Kier molecular flexibility index (Phi) is 5.77. The summed E-state index contributed by atoms with van der Waals surface area (Å²) in [7, 11) is 1.55. The molecule has 24 heavy (non-hydrogen) atoms. The summed E-state index contributed by atoms with van der Waals surface area (Å²) in [5.74, 6) is 0.916. The molecule has 3 rings (SSSR count). The Balaban J connectivity index is 1.60. The molecule has 1 aromatic heterocycles. The number of hydrogen-bond donors (Lipinski definition) is 0. The number of benzene rings is 1. The van der Waals surface area contributed by atoms with E-state index in [2.05, 4.69) is 26.4 Å². The van der Waals surface area contributed by atoms with Crippen molar-refractivity contribution in [2.75, 3.05) is 44.8 Å². The molecule has 0 saturated carbocycles. The van der Waals surface area contributed by atoms with Gasteiger partial charge in [0, 0.05) is 51.2 Å². The second-order valence-corrected chi connectivity index (χ2v) is 6.54. The van der Waals surface area contributed by atoms with Crippen molar-refractivity contribution in [2.45, 2.75) is 12.8 Å². The molecule has 0 unspecified atom stereocenters. The summed E-state index contributed by atoms with van der Waals surface area (Å²) in [6.45, 7) is 3.32. The molecule has 1 amide bonds. The fraction of sp³-hybridized carbons (Fsp3) is 0.471. The van der Waals surface area contributed by atoms with Crippen molar-refractivity contribution in [3.63, 3.8) is 0 Å². The minimum atomic E-state index is 0.0568. The zero-order chi connectivity index (χ0) is 16.8. The maximum absolute atomic E-state index is 12.0. The highest BCUT2D eigenvalue weighted by Crippen LogP contribution is 2.20. The Labute approximate surface area is 146 Å². The molecule has 2 heterocycles. The summed E-state index contributed by atoms with van der Waals surface area (Å²) < 4.78 is 9.43. The maximum atomic E-state index is 12.0. The molecule has 1 aliphatic heterocycles. The van der Waals surface area contributed by atoms with Crippen LogP contribution in [0.15, 0.2) is 30.3 Å². The molecule has 0 N–H and O–H groups in total. The molecule has 2 aromatic rings. The monoisotopic (exact) mass is 346 g/mol. The molecule has 1 fully saturated rings. The minimum Gasteiger partial charge on any atom is -0.375 e. The molecule has 7 heteroatoms. The molecule has 1 saturated heterocycles. The lowest BCUT2D eigenvalue weighted by molar-refractivity contribution is -0.134. The Morgan fingerprint density at radius 2 is 2.04 bits per heavy atom. The number of amides is 1.